The van der Waals surface area contributed by atoms with E-state index in [0.29, 0.717) is 6.54 Å². The average molecular weight is 287 g/mol. The maximum atomic E-state index is 12.5. The fourth-order valence-corrected chi connectivity index (χ4v) is 2.54. The SMILES string of the molecule is Cc1ccc(CN(C)C(=O)C2(C)CCCCN2)o1.Cl. The molecule has 1 aliphatic heterocycles. The molecule has 0 aliphatic carbocycles. The van der Waals surface area contributed by atoms with E-state index in [1.807, 2.05) is 33.0 Å². The maximum absolute atomic E-state index is 12.5. The predicted molar refractivity (Wildman–Crippen MR) is 77.4 cm³/mol. The lowest BCUT2D eigenvalue weighted by molar-refractivity contribution is -0.138. The van der Waals surface area contributed by atoms with E-state index < -0.39 is 5.54 Å². The number of nitrogens with zero attached hydrogens (tertiary/aromatic N) is 1. The van der Waals surface area contributed by atoms with Gasteiger partial charge in [0.05, 0.1) is 12.1 Å². The molecule has 1 saturated heterocycles. The molecule has 4 nitrogen and oxygen atoms in total. The number of hydrogen-bond donors (Lipinski definition) is 1. The second-order valence-corrected chi connectivity index (χ2v) is 5.39. The summed E-state index contributed by atoms with van der Waals surface area (Å²) >= 11 is 0. The summed E-state index contributed by atoms with van der Waals surface area (Å²) in [7, 11) is 1.84. The molecular weight excluding hydrogens is 264 g/mol. The van der Waals surface area contributed by atoms with Gasteiger partial charge in [0.2, 0.25) is 5.91 Å². The molecule has 5 heteroatoms. The van der Waals surface area contributed by atoms with Gasteiger partial charge in [-0.15, -0.1) is 12.4 Å². The van der Waals surface area contributed by atoms with Gasteiger partial charge in [0.25, 0.3) is 0 Å². The van der Waals surface area contributed by atoms with Crippen LogP contribution in [-0.2, 0) is 11.3 Å². The summed E-state index contributed by atoms with van der Waals surface area (Å²) in [5.74, 6) is 1.87. The van der Waals surface area contributed by atoms with Gasteiger partial charge in [-0.05, 0) is 51.8 Å². The average Bonchev–Trinajstić information content (AvgIpc) is 2.74. The van der Waals surface area contributed by atoms with Crippen molar-refractivity contribution >= 4 is 18.3 Å². The Morgan fingerprint density at radius 1 is 1.47 bits per heavy atom. The normalized spacial score (nSPS) is 22.7. The molecule has 1 aromatic rings. The minimum atomic E-state index is -0.408. The van der Waals surface area contributed by atoms with E-state index in [2.05, 4.69) is 5.32 Å². The van der Waals surface area contributed by atoms with Crippen molar-refractivity contribution in [2.75, 3.05) is 13.6 Å². The Morgan fingerprint density at radius 2 is 2.21 bits per heavy atom. The van der Waals surface area contributed by atoms with E-state index in [1.165, 1.54) is 0 Å². The highest BCUT2D eigenvalue weighted by Crippen LogP contribution is 2.21. The minimum Gasteiger partial charge on any atom is -0.464 e. The highest BCUT2D eigenvalue weighted by molar-refractivity contribution is 5.86. The molecule has 0 radical (unpaired) electrons. The predicted octanol–water partition coefficient (Wildman–Crippen LogP) is 2.50. The van der Waals surface area contributed by atoms with Gasteiger partial charge in [-0.1, -0.05) is 0 Å². The van der Waals surface area contributed by atoms with E-state index in [0.717, 1.165) is 37.3 Å². The Hall–Kier alpha value is -1.00. The van der Waals surface area contributed by atoms with Crippen LogP contribution in [0.5, 0.6) is 0 Å². The van der Waals surface area contributed by atoms with E-state index >= 15 is 0 Å². The van der Waals surface area contributed by atoms with Crippen molar-refractivity contribution < 1.29 is 9.21 Å². The third kappa shape index (κ3) is 3.74. The fraction of sp³-hybridized carbons (Fsp3) is 0.643. The Bertz CT molecular complexity index is 425. The van der Waals surface area contributed by atoms with Crippen molar-refractivity contribution in [3.8, 4) is 0 Å². The summed E-state index contributed by atoms with van der Waals surface area (Å²) in [5.41, 5.74) is -0.408. The molecular formula is C14H23ClN2O2. The van der Waals surface area contributed by atoms with Crippen molar-refractivity contribution in [1.82, 2.24) is 10.2 Å². The number of halogens is 1. The maximum Gasteiger partial charge on any atom is 0.242 e. The van der Waals surface area contributed by atoms with E-state index in [9.17, 15) is 4.79 Å². The molecule has 0 saturated carbocycles. The summed E-state index contributed by atoms with van der Waals surface area (Å²) in [6.45, 7) is 5.37. The van der Waals surface area contributed by atoms with Gasteiger partial charge in [-0.2, -0.15) is 0 Å². The Kier molecular flexibility index (Phi) is 5.44. The summed E-state index contributed by atoms with van der Waals surface area (Å²) in [6.07, 6.45) is 3.18. The molecule has 2 heterocycles. The number of aryl methyl sites for hydroxylation is 1. The molecule has 2 rings (SSSR count). The summed E-state index contributed by atoms with van der Waals surface area (Å²) in [4.78, 5) is 14.2. The van der Waals surface area contributed by atoms with Gasteiger partial charge in [-0.3, -0.25) is 4.79 Å². The first-order chi connectivity index (χ1) is 8.51. The number of carbonyl (C=O) groups excluding carboxylic acids is 1. The molecule has 1 fully saturated rings. The van der Waals surface area contributed by atoms with E-state index in [-0.39, 0.29) is 18.3 Å². The minimum absolute atomic E-state index is 0. The Morgan fingerprint density at radius 3 is 2.74 bits per heavy atom. The second kappa shape index (κ2) is 6.44. The van der Waals surface area contributed by atoms with Crippen LogP contribution < -0.4 is 5.32 Å². The van der Waals surface area contributed by atoms with E-state index in [4.69, 9.17) is 4.42 Å². The number of amides is 1. The van der Waals surface area contributed by atoms with Gasteiger partial charge in [-0.25, -0.2) is 0 Å². The smallest absolute Gasteiger partial charge is 0.242 e. The molecule has 1 unspecified atom stereocenters. The van der Waals surface area contributed by atoms with Gasteiger partial charge in [0, 0.05) is 7.05 Å². The first-order valence-corrected chi connectivity index (χ1v) is 6.57. The quantitative estimate of drug-likeness (QED) is 0.929. The highest BCUT2D eigenvalue weighted by atomic mass is 35.5. The Labute approximate surface area is 120 Å². The first-order valence-electron chi connectivity index (χ1n) is 6.57. The molecule has 1 atom stereocenters. The van der Waals surface area contributed by atoms with Crippen LogP contribution in [0.1, 0.15) is 37.7 Å². The molecule has 1 aliphatic rings. The fourth-order valence-electron chi connectivity index (χ4n) is 2.54. The van der Waals surface area contributed by atoms with Gasteiger partial charge in [0.1, 0.15) is 11.5 Å². The van der Waals surface area contributed by atoms with Gasteiger partial charge >= 0.3 is 0 Å². The standard InChI is InChI=1S/C14H22N2O2.ClH/c1-11-6-7-12(18-11)10-16(3)13(17)14(2)8-4-5-9-15-14;/h6-7,15H,4-5,8-10H2,1-3H3;1H. The number of hydrogen-bond acceptors (Lipinski definition) is 3. The lowest BCUT2D eigenvalue weighted by Gasteiger charge is -2.36. The zero-order chi connectivity index (χ0) is 13.2. The summed E-state index contributed by atoms with van der Waals surface area (Å²) < 4.78 is 5.51. The number of piperidine rings is 1. The summed E-state index contributed by atoms with van der Waals surface area (Å²) in [5, 5.41) is 3.35. The molecule has 0 bridgehead atoms. The van der Waals surface area contributed by atoms with Crippen molar-refractivity contribution in [2.24, 2.45) is 0 Å². The molecule has 108 valence electrons. The van der Waals surface area contributed by atoms with Crippen molar-refractivity contribution in [3.63, 3.8) is 0 Å². The van der Waals surface area contributed by atoms with Crippen LogP contribution >= 0.6 is 12.4 Å². The Balaban J connectivity index is 0.00000180. The van der Waals surface area contributed by atoms with Crippen LogP contribution in [0.25, 0.3) is 0 Å². The molecule has 0 spiro atoms. The summed E-state index contributed by atoms with van der Waals surface area (Å²) in [6, 6.07) is 3.85. The number of likely N-dealkylation sites (N-methyl/N-ethyl adjacent to an activating group) is 1. The lowest BCUT2D eigenvalue weighted by Crippen LogP contribution is -2.57. The third-order valence-corrected chi connectivity index (χ3v) is 3.63. The monoisotopic (exact) mass is 286 g/mol. The second-order valence-electron chi connectivity index (χ2n) is 5.39. The topological polar surface area (TPSA) is 45.5 Å². The molecule has 1 amide bonds. The molecule has 0 aromatic carbocycles. The van der Waals surface area contributed by atoms with E-state index in [1.54, 1.807) is 4.90 Å². The van der Waals surface area contributed by atoms with Crippen LogP contribution in [-0.4, -0.2) is 29.9 Å². The van der Waals surface area contributed by atoms with Crippen LogP contribution in [0.2, 0.25) is 0 Å². The van der Waals surface area contributed by atoms with Crippen molar-refractivity contribution in [2.45, 2.75) is 45.2 Å². The number of rotatable bonds is 3. The van der Waals surface area contributed by atoms with Crippen LogP contribution in [0.4, 0.5) is 0 Å². The highest BCUT2D eigenvalue weighted by Gasteiger charge is 2.36. The van der Waals surface area contributed by atoms with Crippen LogP contribution in [0, 0.1) is 6.92 Å². The van der Waals surface area contributed by atoms with Gasteiger partial charge < -0.3 is 14.6 Å². The number of carbonyl (C=O) groups is 1. The number of furan rings is 1. The molecule has 19 heavy (non-hydrogen) atoms. The van der Waals surface area contributed by atoms with Crippen molar-refractivity contribution in [1.29, 1.82) is 0 Å². The first kappa shape index (κ1) is 16.1. The van der Waals surface area contributed by atoms with Crippen LogP contribution in [0.3, 0.4) is 0 Å². The lowest BCUT2D eigenvalue weighted by atomic mass is 9.89. The van der Waals surface area contributed by atoms with Crippen molar-refractivity contribution in [3.05, 3.63) is 23.7 Å². The molecule has 1 N–H and O–H groups in total. The zero-order valence-corrected chi connectivity index (χ0v) is 12.7. The number of nitrogens with one attached hydrogen (secondary N) is 1. The van der Waals surface area contributed by atoms with Gasteiger partial charge in [0.15, 0.2) is 0 Å². The molecule has 1 aromatic heterocycles. The zero-order valence-electron chi connectivity index (χ0n) is 11.9. The third-order valence-electron chi connectivity index (χ3n) is 3.63. The largest absolute Gasteiger partial charge is 0.464 e. The van der Waals surface area contributed by atoms with Crippen LogP contribution in [0.15, 0.2) is 16.5 Å².